The Morgan fingerprint density at radius 3 is 2.39 bits per heavy atom. The molecule has 2 aromatic carbocycles. The number of hydrogen-bond acceptors (Lipinski definition) is 6. The van der Waals surface area contributed by atoms with Gasteiger partial charge in [0.1, 0.15) is 5.01 Å². The van der Waals surface area contributed by atoms with Crippen LogP contribution in [0.25, 0.3) is 0 Å². The summed E-state index contributed by atoms with van der Waals surface area (Å²) >= 11 is 6.90. The third-order valence-corrected chi connectivity index (χ3v) is 6.55. The Morgan fingerprint density at radius 1 is 1.11 bits per heavy atom. The summed E-state index contributed by atoms with van der Waals surface area (Å²) in [7, 11) is -4.09. The van der Waals surface area contributed by atoms with Gasteiger partial charge in [0.2, 0.25) is 5.13 Å². The third kappa shape index (κ3) is 4.58. The number of urea groups is 1. The van der Waals surface area contributed by atoms with Gasteiger partial charge in [-0.1, -0.05) is 48.1 Å². The van der Waals surface area contributed by atoms with E-state index in [2.05, 4.69) is 20.9 Å². The average molecular weight is 438 g/mol. The van der Waals surface area contributed by atoms with Crippen LogP contribution >= 0.6 is 22.9 Å². The molecular weight excluding hydrogens is 422 g/mol. The van der Waals surface area contributed by atoms with Crippen LogP contribution in [-0.2, 0) is 16.4 Å². The molecule has 0 bridgehead atoms. The van der Waals surface area contributed by atoms with Gasteiger partial charge in [-0.05, 0) is 42.8 Å². The van der Waals surface area contributed by atoms with E-state index in [4.69, 9.17) is 11.6 Å². The van der Waals surface area contributed by atoms with Crippen LogP contribution in [0.1, 0.15) is 11.9 Å². The van der Waals surface area contributed by atoms with E-state index in [-0.39, 0.29) is 10.0 Å². The zero-order valence-electron chi connectivity index (χ0n) is 14.7. The maximum Gasteiger partial charge on any atom is 0.339 e. The monoisotopic (exact) mass is 437 g/mol. The number of nitrogens with one attached hydrogen (secondary N) is 2. The van der Waals surface area contributed by atoms with Gasteiger partial charge in [-0.15, -0.1) is 14.6 Å². The van der Waals surface area contributed by atoms with Gasteiger partial charge in [0, 0.05) is 10.7 Å². The number of aryl methyl sites for hydroxylation is 1. The first-order valence-electron chi connectivity index (χ1n) is 8.16. The SMILES string of the molecule is CCc1nnc(N(NC(=O)Nc2ccc(Cl)cc2)S(=O)(=O)c2ccccc2)s1. The zero-order chi connectivity index (χ0) is 20.1. The van der Waals surface area contributed by atoms with Crippen LogP contribution in [0.5, 0.6) is 0 Å². The van der Waals surface area contributed by atoms with E-state index in [0.29, 0.717) is 22.1 Å². The minimum absolute atomic E-state index is 0.00930. The van der Waals surface area contributed by atoms with E-state index in [1.807, 2.05) is 6.92 Å². The Morgan fingerprint density at radius 2 is 1.79 bits per heavy atom. The van der Waals surface area contributed by atoms with Crippen LogP contribution in [0.15, 0.2) is 59.5 Å². The molecule has 11 heteroatoms. The summed E-state index contributed by atoms with van der Waals surface area (Å²) < 4.78 is 26.9. The van der Waals surface area contributed by atoms with Gasteiger partial charge in [-0.2, -0.15) is 8.42 Å². The van der Waals surface area contributed by atoms with E-state index in [1.165, 1.54) is 12.1 Å². The number of hydrogen-bond donors (Lipinski definition) is 2. The molecular formula is C17H16ClN5O3S2. The second-order valence-electron chi connectivity index (χ2n) is 5.49. The maximum atomic E-state index is 13.1. The number of sulfonamides is 1. The molecule has 1 aromatic heterocycles. The second kappa shape index (κ2) is 8.55. The first-order chi connectivity index (χ1) is 13.4. The smallest absolute Gasteiger partial charge is 0.307 e. The lowest BCUT2D eigenvalue weighted by Crippen LogP contribution is -2.48. The minimum Gasteiger partial charge on any atom is -0.307 e. The number of aromatic nitrogens is 2. The molecule has 0 unspecified atom stereocenters. The number of halogens is 1. The van der Waals surface area contributed by atoms with Crippen LogP contribution in [-0.4, -0.2) is 24.6 Å². The van der Waals surface area contributed by atoms with Crippen molar-refractivity contribution in [1.29, 1.82) is 0 Å². The highest BCUT2D eigenvalue weighted by Crippen LogP contribution is 2.25. The van der Waals surface area contributed by atoms with Gasteiger partial charge in [0.15, 0.2) is 0 Å². The fourth-order valence-electron chi connectivity index (χ4n) is 2.16. The number of carbonyl (C=O) groups is 1. The molecule has 0 spiro atoms. The molecule has 28 heavy (non-hydrogen) atoms. The topological polar surface area (TPSA) is 104 Å². The zero-order valence-corrected chi connectivity index (χ0v) is 17.1. The Kier molecular flexibility index (Phi) is 6.12. The van der Waals surface area contributed by atoms with Crippen molar-refractivity contribution in [3.63, 3.8) is 0 Å². The van der Waals surface area contributed by atoms with E-state index in [0.717, 1.165) is 15.8 Å². The largest absolute Gasteiger partial charge is 0.339 e. The second-order valence-corrected chi connectivity index (χ2v) is 8.75. The Hall–Kier alpha value is -2.69. The summed E-state index contributed by atoms with van der Waals surface area (Å²) in [6, 6.07) is 13.4. The van der Waals surface area contributed by atoms with Crippen molar-refractivity contribution in [3.8, 4) is 0 Å². The Balaban J connectivity index is 1.90. The molecule has 2 N–H and O–H groups in total. The van der Waals surface area contributed by atoms with Crippen LogP contribution in [0.2, 0.25) is 5.02 Å². The predicted octanol–water partition coefficient (Wildman–Crippen LogP) is 3.69. The molecule has 3 rings (SSSR count). The maximum absolute atomic E-state index is 13.1. The lowest BCUT2D eigenvalue weighted by Gasteiger charge is -2.21. The van der Waals surface area contributed by atoms with Crippen LogP contribution in [0.3, 0.4) is 0 Å². The van der Waals surface area contributed by atoms with Crippen LogP contribution < -0.4 is 15.2 Å². The highest BCUT2D eigenvalue weighted by molar-refractivity contribution is 7.93. The molecule has 146 valence electrons. The molecule has 3 aromatic rings. The van der Waals surface area contributed by atoms with Gasteiger partial charge < -0.3 is 5.32 Å². The number of rotatable bonds is 6. The Labute approximate surface area is 171 Å². The molecule has 0 aliphatic heterocycles. The summed E-state index contributed by atoms with van der Waals surface area (Å²) in [6.45, 7) is 1.88. The normalized spacial score (nSPS) is 11.1. The quantitative estimate of drug-likeness (QED) is 0.572. The molecule has 0 aliphatic carbocycles. The molecule has 0 saturated carbocycles. The van der Waals surface area contributed by atoms with Gasteiger partial charge >= 0.3 is 6.03 Å². The van der Waals surface area contributed by atoms with Crippen molar-refractivity contribution in [2.24, 2.45) is 0 Å². The van der Waals surface area contributed by atoms with Gasteiger partial charge in [-0.25, -0.2) is 10.2 Å². The van der Waals surface area contributed by atoms with Gasteiger partial charge in [0.05, 0.1) is 4.90 Å². The number of benzene rings is 2. The molecule has 0 saturated heterocycles. The van der Waals surface area contributed by atoms with Crippen LogP contribution in [0, 0.1) is 0 Å². The predicted molar refractivity (Wildman–Crippen MR) is 109 cm³/mol. The number of carbonyl (C=O) groups excluding carboxylic acids is 1. The van der Waals surface area contributed by atoms with E-state index in [1.54, 1.807) is 42.5 Å². The summed E-state index contributed by atoms with van der Waals surface area (Å²) in [5.41, 5.74) is 2.79. The molecule has 0 aliphatic rings. The minimum atomic E-state index is -4.09. The Bertz CT molecular complexity index is 1060. The highest BCUT2D eigenvalue weighted by Gasteiger charge is 2.30. The number of anilines is 2. The van der Waals surface area contributed by atoms with Crippen molar-refractivity contribution in [3.05, 3.63) is 64.6 Å². The molecule has 1 heterocycles. The summed E-state index contributed by atoms with van der Waals surface area (Å²) in [4.78, 5) is 12.4. The van der Waals surface area contributed by atoms with Crippen molar-refractivity contribution in [2.75, 3.05) is 9.73 Å². The van der Waals surface area contributed by atoms with Crippen molar-refractivity contribution in [1.82, 2.24) is 15.6 Å². The van der Waals surface area contributed by atoms with E-state index < -0.39 is 16.1 Å². The number of amides is 2. The first-order valence-corrected chi connectivity index (χ1v) is 10.8. The molecule has 0 radical (unpaired) electrons. The number of nitrogens with zero attached hydrogens (tertiary/aromatic N) is 3. The molecule has 0 fully saturated rings. The lowest BCUT2D eigenvalue weighted by molar-refractivity contribution is 0.252. The molecule has 8 nitrogen and oxygen atoms in total. The van der Waals surface area contributed by atoms with E-state index >= 15 is 0 Å². The van der Waals surface area contributed by atoms with Crippen LogP contribution in [0.4, 0.5) is 15.6 Å². The molecule has 0 atom stereocenters. The summed E-state index contributed by atoms with van der Waals surface area (Å²) in [6.07, 6.45) is 0.591. The first kappa shape index (κ1) is 20.1. The summed E-state index contributed by atoms with van der Waals surface area (Å²) in [5, 5.41) is 11.6. The molecule has 2 amide bonds. The fraction of sp³-hybridized carbons (Fsp3) is 0.118. The van der Waals surface area contributed by atoms with Crippen molar-refractivity contribution >= 4 is 49.8 Å². The average Bonchev–Trinajstić information content (AvgIpc) is 3.17. The highest BCUT2D eigenvalue weighted by atomic mass is 35.5. The van der Waals surface area contributed by atoms with E-state index in [9.17, 15) is 13.2 Å². The third-order valence-electron chi connectivity index (χ3n) is 3.52. The van der Waals surface area contributed by atoms with Gasteiger partial charge in [-0.3, -0.25) is 0 Å². The van der Waals surface area contributed by atoms with Crippen molar-refractivity contribution in [2.45, 2.75) is 18.2 Å². The number of hydrazine groups is 1. The fourth-order valence-corrected chi connectivity index (χ4v) is 4.50. The van der Waals surface area contributed by atoms with Crippen molar-refractivity contribution < 1.29 is 13.2 Å². The van der Waals surface area contributed by atoms with Gasteiger partial charge in [0.25, 0.3) is 10.0 Å². The lowest BCUT2D eigenvalue weighted by atomic mass is 10.3. The summed E-state index contributed by atoms with van der Waals surface area (Å²) in [5.74, 6) is 0. The standard InChI is InChI=1S/C17H16ClN5O3S2/c1-2-15-20-21-17(27-15)23(28(25,26)14-6-4-3-5-7-14)22-16(24)19-13-10-8-12(18)9-11-13/h3-11H,2H2,1H3,(H2,19,22,24).